The van der Waals surface area contributed by atoms with E-state index in [1.54, 1.807) is 13.0 Å². The Morgan fingerprint density at radius 2 is 1.94 bits per heavy atom. The molecule has 0 radical (unpaired) electrons. The van der Waals surface area contributed by atoms with Crippen molar-refractivity contribution >= 4 is 34.2 Å². The summed E-state index contributed by atoms with van der Waals surface area (Å²) in [7, 11) is 0. The number of hydrogen-bond acceptors (Lipinski definition) is 4. The average Bonchev–Trinajstić information content (AvgIpc) is 3.08. The van der Waals surface area contributed by atoms with Gasteiger partial charge in [0.15, 0.2) is 5.65 Å². The van der Waals surface area contributed by atoms with E-state index in [4.69, 9.17) is 23.2 Å². The van der Waals surface area contributed by atoms with Gasteiger partial charge in [0.1, 0.15) is 16.1 Å². The molecule has 0 aliphatic heterocycles. The minimum atomic E-state index is -0.494. The van der Waals surface area contributed by atoms with Gasteiger partial charge >= 0.3 is 0 Å². The molecule has 0 bridgehead atoms. The lowest BCUT2D eigenvalue weighted by molar-refractivity contribution is 0.900. The predicted molar refractivity (Wildman–Crippen MR) is 68.6 cm³/mol. The Labute approximate surface area is 114 Å². The van der Waals surface area contributed by atoms with Crippen LogP contribution in [0.15, 0.2) is 6.07 Å². The second-order valence-electron chi connectivity index (χ2n) is 4.45. The second kappa shape index (κ2) is 3.78. The Kier molecular flexibility index (Phi) is 2.44. The Morgan fingerprint density at radius 3 is 2.56 bits per heavy atom. The topological polar surface area (TPSA) is 62.5 Å². The summed E-state index contributed by atoms with van der Waals surface area (Å²) in [6.45, 7) is 1.74. The van der Waals surface area contributed by atoms with Gasteiger partial charge in [0.05, 0.1) is 16.9 Å². The third-order valence-corrected chi connectivity index (χ3v) is 3.76. The van der Waals surface area contributed by atoms with E-state index in [0.717, 1.165) is 18.4 Å². The van der Waals surface area contributed by atoms with Crippen LogP contribution in [0.25, 0.3) is 11.0 Å². The third kappa shape index (κ3) is 1.63. The number of halogens is 2. The van der Waals surface area contributed by atoms with E-state index in [-0.39, 0.29) is 0 Å². The summed E-state index contributed by atoms with van der Waals surface area (Å²) in [5.74, 6) is 0.547. The van der Waals surface area contributed by atoms with Gasteiger partial charge in [-0.15, -0.1) is 0 Å². The van der Waals surface area contributed by atoms with Gasteiger partial charge in [0.25, 0.3) is 0 Å². The molecule has 1 saturated carbocycles. The van der Waals surface area contributed by atoms with Crippen LogP contribution in [0.4, 0.5) is 0 Å². The highest BCUT2D eigenvalue weighted by Crippen LogP contribution is 2.50. The minimum absolute atomic E-state index is 0.329. The van der Waals surface area contributed by atoms with Crippen molar-refractivity contribution in [1.29, 1.82) is 5.26 Å². The zero-order valence-corrected chi connectivity index (χ0v) is 11.0. The SMILES string of the molecule is Cc1nc(Cl)c2cc(C3(C#N)CC3)c(Cl)nc2n1. The maximum atomic E-state index is 9.22. The molecule has 90 valence electrons. The van der Waals surface area contributed by atoms with Crippen LogP contribution in [0.3, 0.4) is 0 Å². The average molecular weight is 279 g/mol. The fraction of sp³-hybridized carbons (Fsp3) is 0.333. The summed E-state index contributed by atoms with van der Waals surface area (Å²) in [5.41, 5.74) is 0.704. The maximum Gasteiger partial charge on any atom is 0.166 e. The number of fused-ring (bicyclic) bond motifs is 1. The van der Waals surface area contributed by atoms with Crippen LogP contribution >= 0.6 is 23.2 Å². The van der Waals surface area contributed by atoms with Crippen LogP contribution < -0.4 is 0 Å². The first kappa shape index (κ1) is 11.6. The molecule has 0 saturated heterocycles. The van der Waals surface area contributed by atoms with Crippen LogP contribution in [0.1, 0.15) is 24.2 Å². The van der Waals surface area contributed by atoms with E-state index < -0.39 is 5.41 Å². The van der Waals surface area contributed by atoms with Crippen LogP contribution in [-0.2, 0) is 5.41 Å². The van der Waals surface area contributed by atoms with E-state index in [0.29, 0.717) is 27.2 Å². The molecule has 3 rings (SSSR count). The van der Waals surface area contributed by atoms with Crippen LogP contribution in [0.2, 0.25) is 10.3 Å². The van der Waals surface area contributed by atoms with E-state index in [1.807, 2.05) is 0 Å². The molecule has 1 aliphatic rings. The van der Waals surface area contributed by atoms with E-state index in [9.17, 15) is 5.26 Å². The number of aromatic nitrogens is 3. The van der Waals surface area contributed by atoms with Gasteiger partial charge in [-0.3, -0.25) is 0 Å². The lowest BCUT2D eigenvalue weighted by atomic mass is 9.99. The van der Waals surface area contributed by atoms with E-state index in [2.05, 4.69) is 21.0 Å². The Bertz CT molecular complexity index is 701. The van der Waals surface area contributed by atoms with Crippen molar-refractivity contribution in [3.63, 3.8) is 0 Å². The number of pyridine rings is 1. The largest absolute Gasteiger partial charge is 0.221 e. The second-order valence-corrected chi connectivity index (χ2v) is 5.17. The Hall–Kier alpha value is -1.44. The molecule has 0 spiro atoms. The lowest BCUT2D eigenvalue weighted by Crippen LogP contribution is -2.06. The summed E-state index contributed by atoms with van der Waals surface area (Å²) >= 11 is 12.2. The summed E-state index contributed by atoms with van der Waals surface area (Å²) < 4.78 is 0. The first-order valence-electron chi connectivity index (χ1n) is 5.48. The number of aryl methyl sites for hydroxylation is 1. The number of hydrogen-bond donors (Lipinski definition) is 0. The molecule has 0 unspecified atom stereocenters. The van der Waals surface area contributed by atoms with Gasteiger partial charge in [0, 0.05) is 5.56 Å². The molecule has 1 aliphatic carbocycles. The van der Waals surface area contributed by atoms with Gasteiger partial charge in [-0.25, -0.2) is 15.0 Å². The first-order valence-corrected chi connectivity index (χ1v) is 6.23. The highest BCUT2D eigenvalue weighted by Gasteiger charge is 2.47. The van der Waals surface area contributed by atoms with Crippen molar-refractivity contribution in [2.45, 2.75) is 25.2 Å². The molecular weight excluding hydrogens is 271 g/mol. The summed E-state index contributed by atoms with van der Waals surface area (Å²) in [4.78, 5) is 12.5. The molecule has 1 fully saturated rings. The molecule has 2 heterocycles. The predicted octanol–water partition coefficient (Wildman–Crippen LogP) is 3.20. The quantitative estimate of drug-likeness (QED) is 0.594. The van der Waals surface area contributed by atoms with Crippen molar-refractivity contribution in [3.05, 3.63) is 27.8 Å². The van der Waals surface area contributed by atoms with Crippen LogP contribution in [-0.4, -0.2) is 15.0 Å². The number of rotatable bonds is 1. The third-order valence-electron chi connectivity index (χ3n) is 3.19. The normalized spacial score (nSPS) is 16.6. The van der Waals surface area contributed by atoms with Crippen LogP contribution in [0.5, 0.6) is 0 Å². The van der Waals surface area contributed by atoms with E-state index in [1.165, 1.54) is 0 Å². The smallest absolute Gasteiger partial charge is 0.166 e. The molecule has 0 amide bonds. The molecular formula is C12H8Cl2N4. The molecule has 0 aromatic carbocycles. The van der Waals surface area contributed by atoms with E-state index >= 15 is 0 Å². The fourth-order valence-corrected chi connectivity index (χ4v) is 2.58. The molecule has 6 heteroatoms. The lowest BCUT2D eigenvalue weighted by Gasteiger charge is -2.10. The monoisotopic (exact) mass is 278 g/mol. The minimum Gasteiger partial charge on any atom is -0.221 e. The molecule has 4 nitrogen and oxygen atoms in total. The van der Waals surface area contributed by atoms with Gasteiger partial charge in [-0.2, -0.15) is 5.26 Å². The molecule has 0 N–H and O–H groups in total. The zero-order chi connectivity index (χ0) is 12.9. The van der Waals surface area contributed by atoms with Crippen molar-refractivity contribution in [1.82, 2.24) is 15.0 Å². The van der Waals surface area contributed by atoms with Crippen molar-refractivity contribution < 1.29 is 0 Å². The summed E-state index contributed by atoms with van der Waals surface area (Å²) in [6, 6.07) is 4.09. The highest BCUT2D eigenvalue weighted by atomic mass is 35.5. The maximum absolute atomic E-state index is 9.22. The van der Waals surface area contributed by atoms with Crippen molar-refractivity contribution in [2.75, 3.05) is 0 Å². The molecule has 2 aromatic heterocycles. The Morgan fingerprint density at radius 1 is 1.22 bits per heavy atom. The number of nitriles is 1. The zero-order valence-electron chi connectivity index (χ0n) is 9.54. The standard InChI is InChI=1S/C12H8Cl2N4/c1-6-16-9(13)7-4-8(12(5-15)2-3-12)10(14)18-11(7)17-6/h4H,2-3H2,1H3. The van der Waals surface area contributed by atoms with Gasteiger partial charge < -0.3 is 0 Å². The molecule has 18 heavy (non-hydrogen) atoms. The van der Waals surface area contributed by atoms with Crippen molar-refractivity contribution in [2.24, 2.45) is 0 Å². The van der Waals surface area contributed by atoms with Crippen molar-refractivity contribution in [3.8, 4) is 6.07 Å². The molecule has 0 atom stereocenters. The summed E-state index contributed by atoms with van der Waals surface area (Å²) in [5, 5.41) is 10.5. The fourth-order valence-electron chi connectivity index (χ4n) is 2.00. The Balaban J connectivity index is 2.31. The van der Waals surface area contributed by atoms with Gasteiger partial charge in [-0.05, 0) is 25.8 Å². The van der Waals surface area contributed by atoms with Crippen LogP contribution in [0, 0.1) is 18.3 Å². The van der Waals surface area contributed by atoms with Gasteiger partial charge in [0.2, 0.25) is 0 Å². The van der Waals surface area contributed by atoms with Gasteiger partial charge in [-0.1, -0.05) is 23.2 Å². The highest BCUT2D eigenvalue weighted by molar-refractivity contribution is 6.34. The summed E-state index contributed by atoms with van der Waals surface area (Å²) in [6.07, 6.45) is 1.61. The first-order chi connectivity index (χ1) is 8.55. The molecule has 2 aromatic rings. The number of nitrogens with zero attached hydrogens (tertiary/aromatic N) is 4.